The molecule has 0 spiro atoms. The van der Waals surface area contributed by atoms with Crippen molar-refractivity contribution in [3.8, 4) is 22.9 Å². The quantitative estimate of drug-likeness (QED) is 0.662. The van der Waals surface area contributed by atoms with Crippen LogP contribution in [-0.4, -0.2) is 32.8 Å². The van der Waals surface area contributed by atoms with Crippen LogP contribution < -0.4 is 14.2 Å². The fourth-order valence-corrected chi connectivity index (χ4v) is 3.53. The molecule has 1 heterocycles. The van der Waals surface area contributed by atoms with Gasteiger partial charge in [-0.2, -0.15) is 4.98 Å². The van der Waals surface area contributed by atoms with Crippen molar-refractivity contribution in [2.75, 3.05) is 14.2 Å². The van der Waals surface area contributed by atoms with Crippen LogP contribution in [0.2, 0.25) is 0 Å². The molecule has 0 bridgehead atoms. The average Bonchev–Trinajstić information content (AvgIpc) is 3.12. The van der Waals surface area contributed by atoms with Crippen LogP contribution in [0.15, 0.2) is 51.9 Å². The Labute approximate surface area is 157 Å². The lowest BCUT2D eigenvalue weighted by molar-refractivity contribution is 0.354. The highest BCUT2D eigenvalue weighted by Gasteiger charge is 2.16. The number of sulfonamides is 1. The second-order valence-corrected chi connectivity index (χ2v) is 7.45. The molecule has 0 amide bonds. The molecule has 0 aliphatic rings. The Hall–Kier alpha value is -2.91. The number of nitrogens with zero attached hydrogens (tertiary/aromatic N) is 2. The number of hydrogen-bond acceptors (Lipinski definition) is 7. The smallest absolute Gasteiger partial charge is 0.240 e. The van der Waals surface area contributed by atoms with Crippen molar-refractivity contribution >= 4 is 10.0 Å². The van der Waals surface area contributed by atoms with E-state index in [4.69, 9.17) is 14.0 Å². The van der Waals surface area contributed by atoms with Crippen molar-refractivity contribution in [3.63, 3.8) is 0 Å². The van der Waals surface area contributed by atoms with Gasteiger partial charge < -0.3 is 14.0 Å². The molecular formula is C18H19N3O5S. The minimum absolute atomic E-state index is 0.105. The number of methoxy groups -OCH3 is 2. The van der Waals surface area contributed by atoms with Crippen molar-refractivity contribution < 1.29 is 22.4 Å². The summed E-state index contributed by atoms with van der Waals surface area (Å²) >= 11 is 0. The second-order valence-electron chi connectivity index (χ2n) is 5.68. The molecule has 1 aromatic heterocycles. The molecule has 0 unspecified atom stereocenters. The highest BCUT2D eigenvalue weighted by Crippen LogP contribution is 2.27. The summed E-state index contributed by atoms with van der Waals surface area (Å²) in [6, 6.07) is 11.6. The third-order valence-electron chi connectivity index (χ3n) is 3.84. The molecule has 0 aliphatic heterocycles. The summed E-state index contributed by atoms with van der Waals surface area (Å²) in [6.07, 6.45) is 0. The van der Waals surface area contributed by atoms with Crippen LogP contribution in [0.1, 0.15) is 11.5 Å². The first-order valence-corrected chi connectivity index (χ1v) is 9.52. The number of rotatable bonds is 7. The number of hydrogen-bond donors (Lipinski definition) is 1. The molecule has 0 atom stereocenters. The predicted molar refractivity (Wildman–Crippen MR) is 98.0 cm³/mol. The summed E-state index contributed by atoms with van der Waals surface area (Å²) in [7, 11) is -0.661. The Morgan fingerprint density at radius 2 is 1.85 bits per heavy atom. The molecule has 0 radical (unpaired) electrons. The Balaban J connectivity index is 1.79. The van der Waals surface area contributed by atoms with E-state index < -0.39 is 10.0 Å². The zero-order valence-corrected chi connectivity index (χ0v) is 15.9. The van der Waals surface area contributed by atoms with E-state index >= 15 is 0 Å². The molecule has 142 valence electrons. The number of ether oxygens (including phenoxy) is 2. The molecule has 0 saturated carbocycles. The van der Waals surface area contributed by atoms with Gasteiger partial charge in [-0.1, -0.05) is 23.4 Å². The number of aryl methyl sites for hydroxylation is 1. The van der Waals surface area contributed by atoms with E-state index in [9.17, 15) is 8.42 Å². The van der Waals surface area contributed by atoms with E-state index in [1.54, 1.807) is 44.4 Å². The molecule has 8 nitrogen and oxygen atoms in total. The lowest BCUT2D eigenvalue weighted by Gasteiger charge is -2.11. The Morgan fingerprint density at radius 1 is 1.07 bits per heavy atom. The first kappa shape index (κ1) is 18.9. The van der Waals surface area contributed by atoms with Crippen molar-refractivity contribution in [2.24, 2.45) is 0 Å². The molecule has 27 heavy (non-hydrogen) atoms. The number of nitrogens with one attached hydrogen (secondary N) is 1. The SMILES string of the molecule is COc1ccc(CNS(=O)(=O)c2cccc(-c3noc(C)n3)c2)cc1OC. The topological polar surface area (TPSA) is 104 Å². The summed E-state index contributed by atoms with van der Waals surface area (Å²) in [5.41, 5.74) is 1.29. The predicted octanol–water partition coefficient (Wildman–Crippen LogP) is 2.54. The van der Waals surface area contributed by atoms with Crippen molar-refractivity contribution in [1.29, 1.82) is 0 Å². The van der Waals surface area contributed by atoms with Crippen molar-refractivity contribution in [1.82, 2.24) is 14.9 Å². The molecule has 1 N–H and O–H groups in total. The second kappa shape index (κ2) is 7.77. The van der Waals surface area contributed by atoms with Crippen LogP contribution in [0.5, 0.6) is 11.5 Å². The first-order chi connectivity index (χ1) is 12.9. The van der Waals surface area contributed by atoms with Crippen molar-refractivity contribution in [3.05, 3.63) is 53.9 Å². The van der Waals surface area contributed by atoms with Gasteiger partial charge in [0.2, 0.25) is 21.7 Å². The van der Waals surface area contributed by atoms with Crippen LogP contribution in [0.4, 0.5) is 0 Å². The lowest BCUT2D eigenvalue weighted by atomic mass is 10.2. The Morgan fingerprint density at radius 3 is 2.52 bits per heavy atom. The maximum absolute atomic E-state index is 12.6. The van der Waals surface area contributed by atoms with Gasteiger partial charge in [0, 0.05) is 19.0 Å². The third-order valence-corrected chi connectivity index (χ3v) is 5.24. The highest BCUT2D eigenvalue weighted by molar-refractivity contribution is 7.89. The fraction of sp³-hybridized carbons (Fsp3) is 0.222. The molecule has 0 fully saturated rings. The number of benzene rings is 2. The third kappa shape index (κ3) is 4.26. The van der Waals surface area contributed by atoms with Gasteiger partial charge in [-0.15, -0.1) is 0 Å². The zero-order chi connectivity index (χ0) is 19.4. The minimum atomic E-state index is -3.73. The first-order valence-electron chi connectivity index (χ1n) is 8.04. The maximum atomic E-state index is 12.6. The minimum Gasteiger partial charge on any atom is -0.493 e. The van der Waals surface area contributed by atoms with E-state index in [0.717, 1.165) is 5.56 Å². The Kier molecular flexibility index (Phi) is 5.43. The molecule has 3 rings (SSSR count). The number of aromatic nitrogens is 2. The van der Waals surface area contributed by atoms with Gasteiger partial charge in [-0.05, 0) is 29.8 Å². The van der Waals surface area contributed by atoms with Crippen LogP contribution in [0.25, 0.3) is 11.4 Å². The molecule has 0 saturated heterocycles. The Bertz CT molecular complexity index is 1050. The van der Waals surface area contributed by atoms with Crippen LogP contribution in [0, 0.1) is 6.92 Å². The van der Waals surface area contributed by atoms with Crippen LogP contribution in [-0.2, 0) is 16.6 Å². The summed E-state index contributed by atoms with van der Waals surface area (Å²) in [4.78, 5) is 4.23. The van der Waals surface area contributed by atoms with Crippen molar-refractivity contribution in [2.45, 2.75) is 18.4 Å². The fourth-order valence-electron chi connectivity index (χ4n) is 2.47. The summed E-state index contributed by atoms with van der Waals surface area (Å²) in [5.74, 6) is 1.85. The van der Waals surface area contributed by atoms with Gasteiger partial charge in [-0.25, -0.2) is 13.1 Å². The van der Waals surface area contributed by atoms with E-state index in [0.29, 0.717) is 28.8 Å². The van der Waals surface area contributed by atoms with Gasteiger partial charge in [-0.3, -0.25) is 0 Å². The van der Waals surface area contributed by atoms with E-state index in [1.807, 2.05) is 0 Å². The monoisotopic (exact) mass is 389 g/mol. The molecular weight excluding hydrogens is 370 g/mol. The van der Waals surface area contributed by atoms with Gasteiger partial charge in [0.25, 0.3) is 0 Å². The normalized spacial score (nSPS) is 11.4. The lowest BCUT2D eigenvalue weighted by Crippen LogP contribution is -2.23. The summed E-state index contributed by atoms with van der Waals surface area (Å²) in [5, 5.41) is 3.81. The van der Waals surface area contributed by atoms with Crippen LogP contribution >= 0.6 is 0 Å². The van der Waals surface area contributed by atoms with Gasteiger partial charge >= 0.3 is 0 Å². The molecule has 0 aliphatic carbocycles. The van der Waals surface area contributed by atoms with Gasteiger partial charge in [0.15, 0.2) is 11.5 Å². The molecule has 9 heteroatoms. The highest BCUT2D eigenvalue weighted by atomic mass is 32.2. The summed E-state index contributed by atoms with van der Waals surface area (Å²) in [6.45, 7) is 1.77. The van der Waals surface area contributed by atoms with Crippen LogP contribution in [0.3, 0.4) is 0 Å². The van der Waals surface area contributed by atoms with E-state index in [1.165, 1.54) is 19.2 Å². The summed E-state index contributed by atoms with van der Waals surface area (Å²) < 4.78 is 43.2. The van der Waals surface area contributed by atoms with E-state index in [-0.39, 0.29) is 11.4 Å². The standard InChI is InChI=1S/C18H19N3O5S/c1-12-20-18(21-26-12)14-5-4-6-15(10-14)27(22,23)19-11-13-7-8-16(24-2)17(9-13)25-3/h4-10,19H,11H2,1-3H3. The largest absolute Gasteiger partial charge is 0.493 e. The van der Waals surface area contributed by atoms with Gasteiger partial charge in [0.05, 0.1) is 19.1 Å². The maximum Gasteiger partial charge on any atom is 0.240 e. The average molecular weight is 389 g/mol. The molecule has 2 aromatic carbocycles. The molecule has 3 aromatic rings. The van der Waals surface area contributed by atoms with Gasteiger partial charge in [0.1, 0.15) is 0 Å². The zero-order valence-electron chi connectivity index (χ0n) is 15.1. The van der Waals surface area contributed by atoms with E-state index in [2.05, 4.69) is 14.9 Å².